The fourth-order valence-electron chi connectivity index (χ4n) is 2.67. The predicted octanol–water partition coefficient (Wildman–Crippen LogP) is -0.348. The van der Waals surface area contributed by atoms with Crippen LogP contribution in [0.3, 0.4) is 0 Å². The molecule has 1 atom stereocenters. The van der Waals surface area contributed by atoms with E-state index in [1.54, 1.807) is 26.2 Å². The smallest absolute Gasteiger partial charge is 0.203 e. The molecule has 126 valence electrons. The summed E-state index contributed by atoms with van der Waals surface area (Å²) in [5.74, 6) is 2.09. The Labute approximate surface area is 134 Å². The highest BCUT2D eigenvalue weighted by Gasteiger charge is 2.16. The molecule has 0 aliphatic carbocycles. The van der Waals surface area contributed by atoms with Crippen LogP contribution < -0.4 is 24.0 Å². The molecule has 0 radical (unpaired) electrons. The molecule has 22 heavy (non-hydrogen) atoms. The molecule has 1 unspecified atom stereocenters. The number of likely N-dealkylation sites (N-methyl/N-ethyl adjacent to an activating group) is 2. The second-order valence-electron chi connectivity index (χ2n) is 5.62. The lowest BCUT2D eigenvalue weighted by atomic mass is 10.1. The van der Waals surface area contributed by atoms with Crippen molar-refractivity contribution in [2.45, 2.75) is 20.4 Å². The Morgan fingerprint density at radius 3 is 1.82 bits per heavy atom. The van der Waals surface area contributed by atoms with Crippen molar-refractivity contribution >= 4 is 0 Å². The Kier molecular flexibility index (Phi) is 8.06. The summed E-state index contributed by atoms with van der Waals surface area (Å²) in [5.41, 5.74) is 1.20. The first-order valence-corrected chi connectivity index (χ1v) is 8.03. The molecular weight excluding hydrogens is 280 g/mol. The van der Waals surface area contributed by atoms with Gasteiger partial charge in [-0.15, -0.1) is 0 Å². The Bertz CT molecular complexity index is 423. The molecule has 2 N–H and O–H groups in total. The van der Waals surface area contributed by atoms with Gasteiger partial charge in [0.1, 0.15) is 19.6 Å². The number of benzene rings is 1. The first-order chi connectivity index (χ1) is 10.6. The summed E-state index contributed by atoms with van der Waals surface area (Å²) in [6, 6.07) is 4.07. The summed E-state index contributed by atoms with van der Waals surface area (Å²) in [6.45, 7) is 10.1. The lowest BCUT2D eigenvalue weighted by Crippen LogP contribution is -3.18. The molecule has 1 rings (SSSR count). The zero-order valence-electron chi connectivity index (χ0n) is 14.9. The van der Waals surface area contributed by atoms with Crippen LogP contribution in [-0.4, -0.2) is 54.6 Å². The van der Waals surface area contributed by atoms with Crippen LogP contribution in [-0.2, 0) is 6.54 Å². The van der Waals surface area contributed by atoms with Gasteiger partial charge < -0.3 is 24.0 Å². The summed E-state index contributed by atoms with van der Waals surface area (Å²) in [6.07, 6.45) is 0. The topological polar surface area (TPSA) is 36.6 Å². The highest BCUT2D eigenvalue weighted by molar-refractivity contribution is 5.53. The van der Waals surface area contributed by atoms with Gasteiger partial charge in [0.25, 0.3) is 0 Å². The molecule has 0 fully saturated rings. The maximum Gasteiger partial charge on any atom is 0.203 e. The quantitative estimate of drug-likeness (QED) is 0.620. The van der Waals surface area contributed by atoms with Crippen LogP contribution in [0, 0.1) is 0 Å². The highest BCUT2D eigenvalue weighted by atomic mass is 16.5. The Morgan fingerprint density at radius 2 is 1.41 bits per heavy atom. The van der Waals surface area contributed by atoms with E-state index >= 15 is 0 Å². The maximum absolute atomic E-state index is 5.42. The summed E-state index contributed by atoms with van der Waals surface area (Å²) >= 11 is 0. The molecule has 0 aliphatic rings. The van der Waals surface area contributed by atoms with Gasteiger partial charge in [0.2, 0.25) is 5.75 Å². The van der Waals surface area contributed by atoms with E-state index in [0.717, 1.165) is 24.6 Å². The third-order valence-electron chi connectivity index (χ3n) is 4.14. The molecule has 0 amide bonds. The largest absolute Gasteiger partial charge is 0.493 e. The van der Waals surface area contributed by atoms with Gasteiger partial charge in [-0.25, -0.2) is 0 Å². The van der Waals surface area contributed by atoms with Gasteiger partial charge in [0, 0.05) is 5.56 Å². The average molecular weight is 312 g/mol. The fourth-order valence-corrected chi connectivity index (χ4v) is 2.67. The van der Waals surface area contributed by atoms with E-state index in [9.17, 15) is 0 Å². The Morgan fingerprint density at radius 1 is 0.864 bits per heavy atom. The van der Waals surface area contributed by atoms with Crippen molar-refractivity contribution in [3.05, 3.63) is 17.7 Å². The van der Waals surface area contributed by atoms with Crippen LogP contribution in [0.5, 0.6) is 17.2 Å². The minimum Gasteiger partial charge on any atom is -0.493 e. The Balaban J connectivity index is 2.76. The molecule has 0 aromatic heterocycles. The number of rotatable bonds is 10. The van der Waals surface area contributed by atoms with Crippen molar-refractivity contribution < 1.29 is 24.0 Å². The number of hydrogen-bond donors (Lipinski definition) is 2. The summed E-state index contributed by atoms with van der Waals surface area (Å²) in [5, 5.41) is 0. The van der Waals surface area contributed by atoms with Crippen molar-refractivity contribution in [2.75, 3.05) is 54.6 Å². The van der Waals surface area contributed by atoms with E-state index in [-0.39, 0.29) is 0 Å². The first-order valence-electron chi connectivity index (χ1n) is 8.03. The standard InChI is InChI=1S/C17H30N2O3/c1-7-19(8-2)10-9-18(3)13-14-11-15(20-4)17(22-6)16(12-14)21-5/h11-12H,7-10,13H2,1-6H3/p+2. The summed E-state index contributed by atoms with van der Waals surface area (Å²) in [4.78, 5) is 3.12. The van der Waals surface area contributed by atoms with Crippen molar-refractivity contribution in [3.8, 4) is 17.2 Å². The molecule has 0 bridgehead atoms. The summed E-state index contributed by atoms with van der Waals surface area (Å²) in [7, 11) is 7.17. The van der Waals surface area contributed by atoms with Crippen LogP contribution in [0.1, 0.15) is 19.4 Å². The van der Waals surface area contributed by atoms with Crippen LogP contribution in [0.15, 0.2) is 12.1 Å². The molecule has 5 heteroatoms. The SMILES string of the molecule is CC[NH+](CC)CC[NH+](C)Cc1cc(OC)c(OC)c(OC)c1. The lowest BCUT2D eigenvalue weighted by molar-refractivity contribution is -0.953. The van der Waals surface area contributed by atoms with Crippen molar-refractivity contribution in [2.24, 2.45) is 0 Å². The van der Waals surface area contributed by atoms with Gasteiger partial charge >= 0.3 is 0 Å². The van der Waals surface area contributed by atoms with Crippen LogP contribution in [0.4, 0.5) is 0 Å². The van der Waals surface area contributed by atoms with Gasteiger partial charge in [-0.05, 0) is 26.0 Å². The van der Waals surface area contributed by atoms with E-state index in [2.05, 4.69) is 20.9 Å². The Hall–Kier alpha value is -1.46. The zero-order chi connectivity index (χ0) is 16.5. The van der Waals surface area contributed by atoms with Crippen molar-refractivity contribution in [1.82, 2.24) is 0 Å². The molecule has 5 nitrogen and oxygen atoms in total. The van der Waals surface area contributed by atoms with E-state index < -0.39 is 0 Å². The molecule has 0 spiro atoms. The molecule has 0 aliphatic heterocycles. The lowest BCUT2D eigenvalue weighted by Gasteiger charge is -2.20. The second kappa shape index (κ2) is 9.54. The highest BCUT2D eigenvalue weighted by Crippen LogP contribution is 2.37. The van der Waals surface area contributed by atoms with Crippen molar-refractivity contribution in [3.63, 3.8) is 0 Å². The molecule has 1 aromatic carbocycles. The third kappa shape index (κ3) is 5.07. The third-order valence-corrected chi connectivity index (χ3v) is 4.14. The van der Waals surface area contributed by atoms with E-state index in [1.807, 2.05) is 12.1 Å². The number of ether oxygens (including phenoxy) is 3. The normalized spacial score (nSPS) is 12.3. The van der Waals surface area contributed by atoms with Gasteiger partial charge in [0.15, 0.2) is 11.5 Å². The summed E-state index contributed by atoms with van der Waals surface area (Å²) < 4.78 is 16.2. The molecule has 0 heterocycles. The first kappa shape index (κ1) is 18.6. The minimum absolute atomic E-state index is 0.652. The van der Waals surface area contributed by atoms with Crippen LogP contribution >= 0.6 is 0 Å². The maximum atomic E-state index is 5.42. The van der Waals surface area contributed by atoms with Gasteiger partial charge in [0.05, 0.1) is 41.5 Å². The zero-order valence-corrected chi connectivity index (χ0v) is 14.9. The second-order valence-corrected chi connectivity index (χ2v) is 5.62. The molecule has 1 aromatic rings. The minimum atomic E-state index is 0.652. The molecule has 0 saturated carbocycles. The molecule has 0 saturated heterocycles. The number of methoxy groups -OCH3 is 3. The van der Waals surface area contributed by atoms with Gasteiger partial charge in [-0.2, -0.15) is 0 Å². The van der Waals surface area contributed by atoms with Crippen molar-refractivity contribution in [1.29, 1.82) is 0 Å². The van der Waals surface area contributed by atoms with Gasteiger partial charge in [-0.3, -0.25) is 0 Å². The number of nitrogens with one attached hydrogen (secondary N) is 2. The average Bonchev–Trinajstić information content (AvgIpc) is 2.54. The van der Waals surface area contributed by atoms with Crippen LogP contribution in [0.25, 0.3) is 0 Å². The fraction of sp³-hybridized carbons (Fsp3) is 0.647. The molecular formula is C17H32N2O3+2. The number of quaternary nitrogens is 2. The monoisotopic (exact) mass is 312 g/mol. The van der Waals surface area contributed by atoms with Gasteiger partial charge in [-0.1, -0.05) is 0 Å². The van der Waals surface area contributed by atoms with Crippen LogP contribution in [0.2, 0.25) is 0 Å². The predicted molar refractivity (Wildman–Crippen MR) is 88.5 cm³/mol. The number of hydrogen-bond acceptors (Lipinski definition) is 3. The van der Waals surface area contributed by atoms with E-state index in [1.165, 1.54) is 30.1 Å². The van der Waals surface area contributed by atoms with E-state index in [0.29, 0.717) is 5.75 Å². The van der Waals surface area contributed by atoms with E-state index in [4.69, 9.17) is 14.2 Å².